The number of methoxy groups -OCH3 is 1. The number of hydrogen-bond donors (Lipinski definition) is 1. The number of benzene rings is 2. The summed E-state index contributed by atoms with van der Waals surface area (Å²) in [6, 6.07) is 12.6. The Kier molecular flexibility index (Phi) is 7.08. The molecule has 160 valence electrons. The smallest absolute Gasteiger partial charge is 0.224 e. The number of amides is 2. The van der Waals surface area contributed by atoms with Gasteiger partial charge < -0.3 is 15.0 Å². The van der Waals surface area contributed by atoms with Gasteiger partial charge in [-0.2, -0.15) is 0 Å². The van der Waals surface area contributed by atoms with Crippen LogP contribution in [0.4, 0.5) is 4.39 Å². The van der Waals surface area contributed by atoms with Crippen LogP contribution < -0.4 is 10.1 Å². The summed E-state index contributed by atoms with van der Waals surface area (Å²) in [7, 11) is 1.63. The Balaban J connectivity index is 1.57. The first kappa shape index (κ1) is 21.8. The summed E-state index contributed by atoms with van der Waals surface area (Å²) in [5.74, 6) is 0.224. The number of carbonyl (C=O) groups is 2. The van der Waals surface area contributed by atoms with E-state index in [0.29, 0.717) is 31.5 Å². The standard InChI is InChI=1S/C24H29FN2O3/c1-16-14-19(6-10-22(16)25)23-11-7-20(15-27(23)17(2)28)24(29)26-13-12-18-4-8-21(30-3)9-5-18/h4-6,8-10,14,20,23H,7,11-13,15H2,1-3H3,(H,26,29)/t20-,23-/m1/s1. The summed E-state index contributed by atoms with van der Waals surface area (Å²) >= 11 is 0. The number of rotatable bonds is 6. The van der Waals surface area contributed by atoms with Crippen molar-refractivity contribution >= 4 is 11.8 Å². The van der Waals surface area contributed by atoms with E-state index in [1.807, 2.05) is 24.3 Å². The molecule has 0 spiro atoms. The van der Waals surface area contributed by atoms with Crippen molar-refractivity contribution in [1.82, 2.24) is 10.2 Å². The Morgan fingerprint density at radius 1 is 1.17 bits per heavy atom. The summed E-state index contributed by atoms with van der Waals surface area (Å²) in [4.78, 5) is 26.7. The zero-order valence-corrected chi connectivity index (χ0v) is 17.8. The van der Waals surface area contributed by atoms with Crippen LogP contribution in [0.15, 0.2) is 42.5 Å². The molecule has 2 atom stereocenters. The van der Waals surface area contributed by atoms with E-state index in [1.54, 1.807) is 31.1 Å². The number of likely N-dealkylation sites (tertiary alicyclic amines) is 1. The lowest BCUT2D eigenvalue weighted by Gasteiger charge is -2.39. The molecular formula is C24H29FN2O3. The molecule has 1 heterocycles. The molecule has 1 fully saturated rings. The van der Waals surface area contributed by atoms with E-state index in [0.717, 1.165) is 23.3 Å². The van der Waals surface area contributed by atoms with Crippen LogP contribution >= 0.6 is 0 Å². The normalized spacial score (nSPS) is 18.7. The molecule has 6 heteroatoms. The first-order valence-electron chi connectivity index (χ1n) is 10.3. The second kappa shape index (κ2) is 9.74. The fraction of sp³-hybridized carbons (Fsp3) is 0.417. The van der Waals surface area contributed by atoms with E-state index in [9.17, 15) is 14.0 Å². The van der Waals surface area contributed by atoms with Crippen LogP contribution in [0, 0.1) is 18.7 Å². The minimum absolute atomic E-state index is 0.0245. The number of piperidine rings is 1. The van der Waals surface area contributed by atoms with Crippen molar-refractivity contribution in [3.63, 3.8) is 0 Å². The number of carbonyl (C=O) groups excluding carboxylic acids is 2. The van der Waals surface area contributed by atoms with E-state index in [-0.39, 0.29) is 29.6 Å². The van der Waals surface area contributed by atoms with Crippen LogP contribution in [0.3, 0.4) is 0 Å². The molecule has 3 rings (SSSR count). The van der Waals surface area contributed by atoms with Gasteiger partial charge in [-0.3, -0.25) is 9.59 Å². The number of nitrogens with zero attached hydrogens (tertiary/aromatic N) is 1. The molecule has 1 N–H and O–H groups in total. The summed E-state index contributed by atoms with van der Waals surface area (Å²) < 4.78 is 18.8. The van der Waals surface area contributed by atoms with E-state index in [4.69, 9.17) is 4.74 Å². The molecule has 0 radical (unpaired) electrons. The fourth-order valence-electron chi connectivity index (χ4n) is 4.02. The average Bonchev–Trinajstić information content (AvgIpc) is 2.75. The maximum atomic E-state index is 13.6. The molecule has 1 aliphatic heterocycles. The number of nitrogens with one attached hydrogen (secondary N) is 1. The number of aryl methyl sites for hydroxylation is 1. The topological polar surface area (TPSA) is 58.6 Å². The second-order valence-electron chi connectivity index (χ2n) is 7.86. The van der Waals surface area contributed by atoms with Crippen molar-refractivity contribution in [3.8, 4) is 5.75 Å². The zero-order chi connectivity index (χ0) is 21.7. The molecule has 1 saturated heterocycles. The summed E-state index contributed by atoms with van der Waals surface area (Å²) in [5, 5.41) is 3.00. The van der Waals surface area contributed by atoms with Gasteiger partial charge in [0.05, 0.1) is 19.1 Å². The third-order valence-electron chi connectivity index (χ3n) is 5.80. The van der Waals surface area contributed by atoms with Crippen LogP contribution in [0.25, 0.3) is 0 Å². The lowest BCUT2D eigenvalue weighted by atomic mass is 9.88. The third kappa shape index (κ3) is 5.17. The Morgan fingerprint density at radius 2 is 1.90 bits per heavy atom. The number of ether oxygens (including phenoxy) is 1. The maximum absolute atomic E-state index is 13.6. The molecule has 0 aromatic heterocycles. The second-order valence-corrected chi connectivity index (χ2v) is 7.86. The van der Waals surface area contributed by atoms with Gasteiger partial charge in [0.1, 0.15) is 11.6 Å². The van der Waals surface area contributed by atoms with Crippen molar-refractivity contribution in [2.75, 3.05) is 20.2 Å². The Labute approximate surface area is 177 Å². The summed E-state index contributed by atoms with van der Waals surface area (Å²) in [5.41, 5.74) is 2.61. The highest BCUT2D eigenvalue weighted by molar-refractivity contribution is 5.81. The highest BCUT2D eigenvalue weighted by Crippen LogP contribution is 2.34. The molecule has 0 bridgehead atoms. The Hall–Kier alpha value is -2.89. The minimum Gasteiger partial charge on any atom is -0.497 e. The molecule has 1 aliphatic rings. The predicted octanol–water partition coefficient (Wildman–Crippen LogP) is 3.80. The molecule has 5 nitrogen and oxygen atoms in total. The minimum atomic E-state index is -0.252. The number of halogens is 1. The molecule has 30 heavy (non-hydrogen) atoms. The van der Waals surface area contributed by atoms with Crippen LogP contribution in [0.1, 0.15) is 42.5 Å². The van der Waals surface area contributed by atoms with Crippen LogP contribution in [-0.4, -0.2) is 36.9 Å². The van der Waals surface area contributed by atoms with E-state index in [1.165, 1.54) is 13.0 Å². The highest BCUT2D eigenvalue weighted by Gasteiger charge is 2.34. The van der Waals surface area contributed by atoms with Crippen LogP contribution in [0.2, 0.25) is 0 Å². The largest absolute Gasteiger partial charge is 0.497 e. The summed E-state index contributed by atoms with van der Waals surface area (Å²) in [6.07, 6.45) is 2.11. The Bertz CT molecular complexity index is 898. The van der Waals surface area contributed by atoms with Crippen molar-refractivity contribution in [1.29, 1.82) is 0 Å². The molecule has 0 saturated carbocycles. The van der Waals surface area contributed by atoms with Crippen molar-refractivity contribution in [3.05, 3.63) is 65.0 Å². The SMILES string of the molecule is COc1ccc(CCNC(=O)[C@@H]2CC[C@H](c3ccc(F)c(C)c3)N(C(C)=O)C2)cc1. The lowest BCUT2D eigenvalue weighted by molar-refractivity contribution is -0.137. The van der Waals surface area contributed by atoms with E-state index < -0.39 is 0 Å². The maximum Gasteiger partial charge on any atom is 0.224 e. The molecule has 2 aromatic rings. The van der Waals surface area contributed by atoms with Gasteiger partial charge in [0.25, 0.3) is 0 Å². The van der Waals surface area contributed by atoms with Gasteiger partial charge in [0.2, 0.25) is 11.8 Å². The zero-order valence-electron chi connectivity index (χ0n) is 17.8. The summed E-state index contributed by atoms with van der Waals surface area (Å²) in [6.45, 7) is 4.17. The van der Waals surface area contributed by atoms with Gasteiger partial charge in [-0.25, -0.2) is 4.39 Å². The molecule has 2 amide bonds. The van der Waals surface area contributed by atoms with Crippen molar-refractivity contribution in [2.45, 2.75) is 39.2 Å². The monoisotopic (exact) mass is 412 g/mol. The fourth-order valence-corrected chi connectivity index (χ4v) is 4.02. The molecular weight excluding hydrogens is 383 g/mol. The van der Waals surface area contributed by atoms with E-state index in [2.05, 4.69) is 5.32 Å². The quantitative estimate of drug-likeness (QED) is 0.785. The Morgan fingerprint density at radius 3 is 2.53 bits per heavy atom. The van der Waals surface area contributed by atoms with Crippen LogP contribution in [0.5, 0.6) is 5.75 Å². The van der Waals surface area contributed by atoms with Gasteiger partial charge in [-0.15, -0.1) is 0 Å². The van der Waals surface area contributed by atoms with Gasteiger partial charge in [0, 0.05) is 20.0 Å². The van der Waals surface area contributed by atoms with Crippen molar-refractivity contribution < 1.29 is 18.7 Å². The first-order valence-corrected chi connectivity index (χ1v) is 10.3. The third-order valence-corrected chi connectivity index (χ3v) is 5.80. The molecule has 0 unspecified atom stereocenters. The van der Waals surface area contributed by atoms with Gasteiger partial charge in [-0.1, -0.05) is 24.3 Å². The molecule has 0 aliphatic carbocycles. The first-order chi connectivity index (χ1) is 14.4. The van der Waals surface area contributed by atoms with E-state index >= 15 is 0 Å². The highest BCUT2D eigenvalue weighted by atomic mass is 19.1. The van der Waals surface area contributed by atoms with Crippen molar-refractivity contribution in [2.24, 2.45) is 5.92 Å². The lowest BCUT2D eigenvalue weighted by Crippen LogP contribution is -2.46. The average molecular weight is 413 g/mol. The molecule has 2 aromatic carbocycles. The van der Waals surface area contributed by atoms with Crippen LogP contribution in [-0.2, 0) is 16.0 Å². The van der Waals surface area contributed by atoms with Gasteiger partial charge in [0.15, 0.2) is 0 Å². The van der Waals surface area contributed by atoms with Gasteiger partial charge in [-0.05, 0) is 61.1 Å². The van der Waals surface area contributed by atoms with Gasteiger partial charge >= 0.3 is 0 Å². The number of hydrogen-bond acceptors (Lipinski definition) is 3. The predicted molar refractivity (Wildman–Crippen MR) is 114 cm³/mol.